The smallest absolute Gasteiger partial charge is 0.191 e. The molecular formula is C18H32N4S. The van der Waals surface area contributed by atoms with E-state index >= 15 is 0 Å². The predicted molar refractivity (Wildman–Crippen MR) is 101 cm³/mol. The zero-order valence-corrected chi connectivity index (χ0v) is 15.7. The van der Waals surface area contributed by atoms with Crippen molar-refractivity contribution in [2.45, 2.75) is 39.7 Å². The van der Waals surface area contributed by atoms with Crippen molar-refractivity contribution in [1.82, 2.24) is 15.5 Å². The van der Waals surface area contributed by atoms with E-state index in [9.17, 15) is 0 Å². The predicted octanol–water partition coefficient (Wildman–Crippen LogP) is 3.17. The van der Waals surface area contributed by atoms with Crippen LogP contribution in [0.4, 0.5) is 0 Å². The van der Waals surface area contributed by atoms with E-state index in [1.54, 1.807) is 11.3 Å². The Bertz CT molecular complexity index is 448. The third kappa shape index (κ3) is 6.92. The van der Waals surface area contributed by atoms with Gasteiger partial charge in [-0.3, -0.25) is 4.99 Å². The molecule has 1 aromatic rings. The molecular weight excluding hydrogens is 304 g/mol. The van der Waals surface area contributed by atoms with Gasteiger partial charge in [-0.05, 0) is 60.0 Å². The third-order valence-electron chi connectivity index (χ3n) is 4.40. The molecule has 2 heterocycles. The molecule has 2 rings (SSSR count). The van der Waals surface area contributed by atoms with Crippen LogP contribution in [0.2, 0.25) is 0 Å². The van der Waals surface area contributed by atoms with Gasteiger partial charge in [-0.2, -0.15) is 11.3 Å². The van der Waals surface area contributed by atoms with Gasteiger partial charge >= 0.3 is 0 Å². The van der Waals surface area contributed by atoms with E-state index in [-0.39, 0.29) is 0 Å². The Hall–Kier alpha value is -1.07. The van der Waals surface area contributed by atoms with Crippen LogP contribution < -0.4 is 10.6 Å². The van der Waals surface area contributed by atoms with Crippen molar-refractivity contribution in [3.05, 3.63) is 22.4 Å². The molecule has 4 nitrogen and oxygen atoms in total. The molecule has 0 saturated carbocycles. The minimum absolute atomic E-state index is 0.840. The van der Waals surface area contributed by atoms with Gasteiger partial charge in [-0.15, -0.1) is 0 Å². The molecule has 1 saturated heterocycles. The van der Waals surface area contributed by atoms with Gasteiger partial charge in [0, 0.05) is 33.2 Å². The molecule has 23 heavy (non-hydrogen) atoms. The first-order valence-corrected chi connectivity index (χ1v) is 9.79. The number of thiophene rings is 1. The summed E-state index contributed by atoms with van der Waals surface area (Å²) in [4.78, 5) is 6.92. The Balaban J connectivity index is 1.55. The number of nitrogens with one attached hydrogen (secondary N) is 2. The average molecular weight is 337 g/mol. The van der Waals surface area contributed by atoms with Gasteiger partial charge in [-0.25, -0.2) is 0 Å². The van der Waals surface area contributed by atoms with Crippen LogP contribution in [0.15, 0.2) is 21.8 Å². The highest BCUT2D eigenvalue weighted by molar-refractivity contribution is 7.07. The maximum absolute atomic E-state index is 4.28. The monoisotopic (exact) mass is 336 g/mol. The van der Waals surface area contributed by atoms with Gasteiger partial charge in [-0.1, -0.05) is 13.8 Å². The first-order chi connectivity index (χ1) is 11.2. The Morgan fingerprint density at radius 1 is 1.26 bits per heavy atom. The fourth-order valence-corrected chi connectivity index (χ4v) is 4.11. The van der Waals surface area contributed by atoms with Crippen LogP contribution in [0.25, 0.3) is 0 Å². The SMILES string of the molecule is CN=C(NCCCCN1CC(C)CC(C)C1)NCc1ccsc1. The van der Waals surface area contributed by atoms with Crippen molar-refractivity contribution in [3.8, 4) is 0 Å². The molecule has 0 spiro atoms. The molecule has 0 bridgehead atoms. The first-order valence-electron chi connectivity index (χ1n) is 8.85. The fraction of sp³-hybridized carbons (Fsp3) is 0.722. The molecule has 5 heteroatoms. The largest absolute Gasteiger partial charge is 0.356 e. The first kappa shape index (κ1) is 18.3. The summed E-state index contributed by atoms with van der Waals surface area (Å²) in [7, 11) is 1.83. The second-order valence-electron chi connectivity index (χ2n) is 6.90. The molecule has 0 aliphatic carbocycles. The molecule has 1 fully saturated rings. The Morgan fingerprint density at radius 3 is 2.70 bits per heavy atom. The molecule has 1 aliphatic heterocycles. The summed E-state index contributed by atoms with van der Waals surface area (Å²) in [6.45, 7) is 10.4. The van der Waals surface area contributed by atoms with Crippen LogP contribution in [-0.2, 0) is 6.54 Å². The second-order valence-corrected chi connectivity index (χ2v) is 7.68. The lowest BCUT2D eigenvalue weighted by atomic mass is 9.92. The average Bonchev–Trinajstić information content (AvgIpc) is 3.02. The van der Waals surface area contributed by atoms with Crippen molar-refractivity contribution in [1.29, 1.82) is 0 Å². The normalized spacial score (nSPS) is 23.0. The Kier molecular flexibility index (Phi) is 7.89. The zero-order chi connectivity index (χ0) is 16.5. The molecule has 0 aromatic carbocycles. The highest BCUT2D eigenvalue weighted by Crippen LogP contribution is 2.20. The molecule has 2 atom stereocenters. The third-order valence-corrected chi connectivity index (χ3v) is 5.13. The second kappa shape index (κ2) is 9.93. The number of aliphatic imine (C=N–C) groups is 1. The van der Waals surface area contributed by atoms with Gasteiger partial charge in [0.15, 0.2) is 5.96 Å². The lowest BCUT2D eigenvalue weighted by molar-refractivity contribution is 0.139. The highest BCUT2D eigenvalue weighted by atomic mass is 32.1. The van der Waals surface area contributed by atoms with E-state index in [4.69, 9.17) is 0 Å². The molecule has 0 amide bonds. The van der Waals surface area contributed by atoms with Crippen molar-refractivity contribution in [2.24, 2.45) is 16.8 Å². The van der Waals surface area contributed by atoms with E-state index in [0.29, 0.717) is 0 Å². The number of nitrogens with zero attached hydrogens (tertiary/aromatic N) is 2. The molecule has 2 unspecified atom stereocenters. The molecule has 0 radical (unpaired) electrons. The van der Waals surface area contributed by atoms with Crippen LogP contribution >= 0.6 is 11.3 Å². The molecule has 130 valence electrons. The maximum atomic E-state index is 4.28. The Labute approximate surface area is 145 Å². The van der Waals surface area contributed by atoms with E-state index in [0.717, 1.165) is 30.9 Å². The number of unbranched alkanes of at least 4 members (excludes halogenated alkanes) is 1. The van der Waals surface area contributed by atoms with Crippen LogP contribution in [-0.4, -0.2) is 44.1 Å². The lowest BCUT2D eigenvalue weighted by Gasteiger charge is -2.34. The van der Waals surface area contributed by atoms with Crippen LogP contribution in [0, 0.1) is 11.8 Å². The van der Waals surface area contributed by atoms with E-state index < -0.39 is 0 Å². The Morgan fingerprint density at radius 2 is 2.04 bits per heavy atom. The van der Waals surface area contributed by atoms with Gasteiger partial charge in [0.05, 0.1) is 0 Å². The van der Waals surface area contributed by atoms with Gasteiger partial charge in [0.2, 0.25) is 0 Å². The number of piperidine rings is 1. The van der Waals surface area contributed by atoms with Crippen LogP contribution in [0.3, 0.4) is 0 Å². The van der Waals surface area contributed by atoms with Gasteiger partial charge in [0.25, 0.3) is 0 Å². The summed E-state index contributed by atoms with van der Waals surface area (Å²) in [5.74, 6) is 2.62. The lowest BCUT2D eigenvalue weighted by Crippen LogP contribution is -2.40. The van der Waals surface area contributed by atoms with E-state index in [2.05, 4.69) is 51.2 Å². The van der Waals surface area contributed by atoms with Crippen molar-refractivity contribution >= 4 is 17.3 Å². The maximum Gasteiger partial charge on any atom is 0.191 e. The fourth-order valence-electron chi connectivity index (χ4n) is 3.44. The topological polar surface area (TPSA) is 39.7 Å². The summed E-state index contributed by atoms with van der Waals surface area (Å²) in [6.07, 6.45) is 3.84. The van der Waals surface area contributed by atoms with E-state index in [1.807, 2.05) is 7.05 Å². The summed E-state index contributed by atoms with van der Waals surface area (Å²) >= 11 is 1.73. The summed E-state index contributed by atoms with van der Waals surface area (Å²) in [5.41, 5.74) is 1.31. The van der Waals surface area contributed by atoms with Crippen LogP contribution in [0.5, 0.6) is 0 Å². The van der Waals surface area contributed by atoms with Gasteiger partial charge in [0.1, 0.15) is 0 Å². The summed E-state index contributed by atoms with van der Waals surface area (Å²) in [6, 6.07) is 2.14. The minimum Gasteiger partial charge on any atom is -0.356 e. The molecule has 1 aromatic heterocycles. The zero-order valence-electron chi connectivity index (χ0n) is 14.8. The summed E-state index contributed by atoms with van der Waals surface area (Å²) in [5, 5.41) is 11.0. The quantitative estimate of drug-likeness (QED) is 0.456. The summed E-state index contributed by atoms with van der Waals surface area (Å²) < 4.78 is 0. The van der Waals surface area contributed by atoms with Crippen molar-refractivity contribution < 1.29 is 0 Å². The number of hydrogen-bond acceptors (Lipinski definition) is 3. The number of guanidine groups is 1. The van der Waals surface area contributed by atoms with Gasteiger partial charge < -0.3 is 15.5 Å². The van der Waals surface area contributed by atoms with Crippen molar-refractivity contribution in [2.75, 3.05) is 33.2 Å². The standard InChI is InChI=1S/C18H32N4S/c1-15-10-16(2)13-22(12-15)8-5-4-7-20-18(19-3)21-11-17-6-9-23-14-17/h6,9,14-16H,4-5,7-8,10-13H2,1-3H3,(H2,19,20,21). The number of hydrogen-bond donors (Lipinski definition) is 2. The van der Waals surface area contributed by atoms with E-state index in [1.165, 1.54) is 44.5 Å². The van der Waals surface area contributed by atoms with Crippen LogP contribution in [0.1, 0.15) is 38.7 Å². The molecule has 2 N–H and O–H groups in total. The number of rotatable bonds is 7. The highest BCUT2D eigenvalue weighted by Gasteiger charge is 2.20. The van der Waals surface area contributed by atoms with Crippen molar-refractivity contribution in [3.63, 3.8) is 0 Å². The number of likely N-dealkylation sites (tertiary alicyclic amines) is 1. The minimum atomic E-state index is 0.840. The molecule has 1 aliphatic rings.